The van der Waals surface area contributed by atoms with Gasteiger partial charge < -0.3 is 16.0 Å². The number of nitrogens with zero attached hydrogens (tertiary/aromatic N) is 1. The third-order valence-electron chi connectivity index (χ3n) is 2.45. The maximum Gasteiger partial charge on any atom is 0.0386 e. The van der Waals surface area contributed by atoms with E-state index >= 15 is 0 Å². The highest BCUT2D eigenvalue weighted by molar-refractivity contribution is 5.57. The Balaban J connectivity index is 2.60. The van der Waals surface area contributed by atoms with Crippen molar-refractivity contribution in [3.63, 3.8) is 0 Å². The number of nitrogens with one attached hydrogen (secondary N) is 1. The van der Waals surface area contributed by atoms with Gasteiger partial charge in [-0.3, -0.25) is 0 Å². The molecule has 0 aromatic heterocycles. The van der Waals surface area contributed by atoms with Gasteiger partial charge in [0.25, 0.3) is 0 Å². The van der Waals surface area contributed by atoms with Gasteiger partial charge >= 0.3 is 0 Å². The summed E-state index contributed by atoms with van der Waals surface area (Å²) >= 11 is 0. The van der Waals surface area contributed by atoms with Gasteiger partial charge in [-0.15, -0.1) is 0 Å². The van der Waals surface area contributed by atoms with E-state index in [4.69, 9.17) is 5.73 Å². The number of nitrogens with two attached hydrogens (primary N) is 1. The highest BCUT2D eigenvalue weighted by Crippen LogP contribution is 2.19. The van der Waals surface area contributed by atoms with Crippen molar-refractivity contribution in [2.24, 2.45) is 0 Å². The third-order valence-corrected chi connectivity index (χ3v) is 2.45. The van der Waals surface area contributed by atoms with E-state index in [0.717, 1.165) is 25.2 Å². The molecule has 0 saturated carbocycles. The summed E-state index contributed by atoms with van der Waals surface area (Å²) in [6, 6.07) is 6.17. The molecule has 3 nitrogen and oxygen atoms in total. The Morgan fingerprint density at radius 2 is 2.07 bits per heavy atom. The molecule has 0 amide bonds. The molecular weight excluding hydrogens is 186 g/mol. The second-order valence-electron chi connectivity index (χ2n) is 3.98. The molecular formula is C12H21N3. The van der Waals surface area contributed by atoms with Crippen LogP contribution in [-0.4, -0.2) is 27.2 Å². The highest BCUT2D eigenvalue weighted by atomic mass is 15.1. The number of aryl methyl sites for hydroxylation is 1. The van der Waals surface area contributed by atoms with Crippen molar-refractivity contribution in [3.05, 3.63) is 23.8 Å². The van der Waals surface area contributed by atoms with Crippen LogP contribution in [0.4, 0.5) is 11.4 Å². The van der Waals surface area contributed by atoms with E-state index in [2.05, 4.69) is 30.3 Å². The highest BCUT2D eigenvalue weighted by Gasteiger charge is 2.01. The molecule has 1 aromatic carbocycles. The molecule has 0 aliphatic carbocycles. The van der Waals surface area contributed by atoms with Gasteiger partial charge in [-0.2, -0.15) is 0 Å². The van der Waals surface area contributed by atoms with Crippen molar-refractivity contribution >= 4 is 11.4 Å². The number of anilines is 2. The van der Waals surface area contributed by atoms with Crippen molar-refractivity contribution in [2.45, 2.75) is 13.3 Å². The Hall–Kier alpha value is -1.22. The van der Waals surface area contributed by atoms with Gasteiger partial charge in [-0.1, -0.05) is 0 Å². The van der Waals surface area contributed by atoms with Crippen LogP contribution in [0.5, 0.6) is 0 Å². The monoisotopic (exact) mass is 207 g/mol. The first-order valence-electron chi connectivity index (χ1n) is 5.36. The number of rotatable bonds is 5. The first-order valence-corrected chi connectivity index (χ1v) is 5.36. The normalized spacial score (nSPS) is 10.3. The van der Waals surface area contributed by atoms with Gasteiger partial charge in [-0.05, 0) is 50.7 Å². The minimum atomic E-state index is 0.838. The van der Waals surface area contributed by atoms with Crippen LogP contribution in [0.25, 0.3) is 0 Å². The number of hydrogen-bond acceptors (Lipinski definition) is 3. The second-order valence-corrected chi connectivity index (χ2v) is 3.98. The zero-order valence-electron chi connectivity index (χ0n) is 9.88. The first-order chi connectivity index (χ1) is 7.13. The predicted octanol–water partition coefficient (Wildman–Crippen LogP) is 1.62. The van der Waals surface area contributed by atoms with E-state index in [1.807, 2.05) is 19.2 Å². The summed E-state index contributed by atoms with van der Waals surface area (Å²) in [5.74, 6) is 0. The van der Waals surface area contributed by atoms with E-state index < -0.39 is 0 Å². The average molecular weight is 207 g/mol. The first kappa shape index (κ1) is 11.9. The van der Waals surface area contributed by atoms with Gasteiger partial charge in [-0.25, -0.2) is 0 Å². The van der Waals surface area contributed by atoms with Gasteiger partial charge in [0.05, 0.1) is 0 Å². The van der Waals surface area contributed by atoms with Crippen LogP contribution >= 0.6 is 0 Å². The van der Waals surface area contributed by atoms with Crippen molar-refractivity contribution in [2.75, 3.05) is 37.8 Å². The summed E-state index contributed by atoms with van der Waals surface area (Å²) in [4.78, 5) is 2.24. The second kappa shape index (κ2) is 5.61. The summed E-state index contributed by atoms with van der Waals surface area (Å²) in [7, 11) is 4.08. The third kappa shape index (κ3) is 3.80. The largest absolute Gasteiger partial charge is 0.399 e. The molecule has 15 heavy (non-hydrogen) atoms. The zero-order valence-corrected chi connectivity index (χ0v) is 9.88. The Labute approximate surface area is 92.3 Å². The quantitative estimate of drug-likeness (QED) is 0.569. The van der Waals surface area contributed by atoms with Gasteiger partial charge in [0, 0.05) is 25.0 Å². The zero-order chi connectivity index (χ0) is 11.3. The number of nitrogen functional groups attached to an aromatic ring is 1. The lowest BCUT2D eigenvalue weighted by molar-refractivity contribution is 0.713. The van der Waals surface area contributed by atoms with Crippen LogP contribution in [-0.2, 0) is 0 Å². The summed E-state index contributed by atoms with van der Waals surface area (Å²) in [5.41, 5.74) is 9.06. The Morgan fingerprint density at radius 1 is 1.33 bits per heavy atom. The van der Waals surface area contributed by atoms with Crippen molar-refractivity contribution in [1.82, 2.24) is 5.32 Å². The van der Waals surface area contributed by atoms with Crippen molar-refractivity contribution in [1.29, 1.82) is 0 Å². The van der Waals surface area contributed by atoms with Gasteiger partial charge in [0.15, 0.2) is 0 Å². The molecule has 3 heteroatoms. The molecule has 0 unspecified atom stereocenters. The molecule has 0 aliphatic rings. The fourth-order valence-corrected chi connectivity index (χ4v) is 1.63. The van der Waals surface area contributed by atoms with Gasteiger partial charge in [0.2, 0.25) is 0 Å². The molecule has 0 fully saturated rings. The summed E-state index contributed by atoms with van der Waals surface area (Å²) in [5, 5.41) is 3.15. The number of hydrogen-bond donors (Lipinski definition) is 2. The summed E-state index contributed by atoms with van der Waals surface area (Å²) in [6.45, 7) is 4.16. The molecule has 0 aliphatic heterocycles. The van der Waals surface area contributed by atoms with E-state index in [0.29, 0.717) is 0 Å². The molecule has 3 N–H and O–H groups in total. The SMILES string of the molecule is CNCCCN(C)c1cc(C)cc(N)c1. The van der Waals surface area contributed by atoms with E-state index in [1.165, 1.54) is 11.3 Å². The molecule has 0 atom stereocenters. The Kier molecular flexibility index (Phi) is 4.43. The van der Waals surface area contributed by atoms with Gasteiger partial charge in [0.1, 0.15) is 0 Å². The van der Waals surface area contributed by atoms with Crippen LogP contribution in [0.1, 0.15) is 12.0 Å². The molecule has 0 radical (unpaired) electrons. The molecule has 0 spiro atoms. The standard InChI is InChI=1S/C12H21N3/c1-10-7-11(13)9-12(8-10)15(3)6-4-5-14-2/h7-9,14H,4-6,13H2,1-3H3. The van der Waals surface area contributed by atoms with Crippen LogP contribution in [0.15, 0.2) is 18.2 Å². The lowest BCUT2D eigenvalue weighted by Crippen LogP contribution is -2.22. The van der Waals surface area contributed by atoms with Crippen molar-refractivity contribution in [3.8, 4) is 0 Å². The van der Waals surface area contributed by atoms with Crippen LogP contribution in [0.2, 0.25) is 0 Å². The maximum atomic E-state index is 5.81. The van der Waals surface area contributed by atoms with Crippen LogP contribution < -0.4 is 16.0 Å². The molecule has 0 bridgehead atoms. The minimum absolute atomic E-state index is 0.838. The molecule has 0 heterocycles. The minimum Gasteiger partial charge on any atom is -0.399 e. The summed E-state index contributed by atoms with van der Waals surface area (Å²) in [6.07, 6.45) is 1.14. The molecule has 84 valence electrons. The Morgan fingerprint density at radius 3 is 2.67 bits per heavy atom. The fourth-order valence-electron chi connectivity index (χ4n) is 1.63. The number of benzene rings is 1. The average Bonchev–Trinajstić information content (AvgIpc) is 2.16. The molecule has 1 aromatic rings. The van der Waals surface area contributed by atoms with Crippen LogP contribution in [0, 0.1) is 6.92 Å². The maximum absolute atomic E-state index is 5.81. The van der Waals surface area contributed by atoms with E-state index in [1.54, 1.807) is 0 Å². The smallest absolute Gasteiger partial charge is 0.0386 e. The molecule has 0 saturated heterocycles. The predicted molar refractivity (Wildman–Crippen MR) is 67.4 cm³/mol. The lowest BCUT2D eigenvalue weighted by Gasteiger charge is -2.20. The summed E-state index contributed by atoms with van der Waals surface area (Å²) < 4.78 is 0. The van der Waals surface area contributed by atoms with Crippen molar-refractivity contribution < 1.29 is 0 Å². The van der Waals surface area contributed by atoms with E-state index in [9.17, 15) is 0 Å². The Bertz CT molecular complexity index is 289. The molecule has 1 rings (SSSR count). The lowest BCUT2D eigenvalue weighted by atomic mass is 10.2. The van der Waals surface area contributed by atoms with Crippen LogP contribution in [0.3, 0.4) is 0 Å². The fraction of sp³-hybridized carbons (Fsp3) is 0.500. The topological polar surface area (TPSA) is 41.3 Å². The van der Waals surface area contributed by atoms with E-state index in [-0.39, 0.29) is 0 Å².